The average Bonchev–Trinajstić information content (AvgIpc) is 2.59. The maximum Gasteiger partial charge on any atom is 0.345 e. The van der Waals surface area contributed by atoms with Gasteiger partial charge in [-0.3, -0.25) is 14.9 Å². The second-order valence-corrected chi connectivity index (χ2v) is 5.16. The third-order valence-corrected chi connectivity index (χ3v) is 3.35. The van der Waals surface area contributed by atoms with Gasteiger partial charge in [-0.05, 0) is 20.3 Å². The van der Waals surface area contributed by atoms with Crippen LogP contribution in [0, 0.1) is 10.1 Å². The van der Waals surface area contributed by atoms with Crippen molar-refractivity contribution in [3.63, 3.8) is 0 Å². The first-order valence-electron chi connectivity index (χ1n) is 7.79. The van der Waals surface area contributed by atoms with Crippen molar-refractivity contribution in [2.45, 2.75) is 33.2 Å². The van der Waals surface area contributed by atoms with Gasteiger partial charge in [0.15, 0.2) is 18.1 Å². The Kier molecular flexibility index (Phi) is 7.64. The van der Waals surface area contributed by atoms with Gasteiger partial charge in [-0.2, -0.15) is 0 Å². The van der Waals surface area contributed by atoms with E-state index in [2.05, 4.69) is 5.32 Å². The minimum atomic E-state index is -0.991. The molecule has 9 heteroatoms. The molecular weight excluding hydrogens is 332 g/mol. The molecule has 0 aromatic heterocycles. The number of ether oxygens (including phenoxy) is 3. The van der Waals surface area contributed by atoms with Crippen LogP contribution in [-0.2, 0) is 9.53 Å². The molecule has 25 heavy (non-hydrogen) atoms. The van der Waals surface area contributed by atoms with Crippen LogP contribution >= 0.6 is 0 Å². The van der Waals surface area contributed by atoms with Crippen molar-refractivity contribution in [1.82, 2.24) is 5.32 Å². The summed E-state index contributed by atoms with van der Waals surface area (Å²) in [7, 11) is 1.33. The molecule has 1 rings (SSSR count). The molecule has 0 spiro atoms. The lowest BCUT2D eigenvalue weighted by atomic mass is 10.1. The van der Waals surface area contributed by atoms with Gasteiger partial charge >= 0.3 is 5.97 Å². The third-order valence-electron chi connectivity index (χ3n) is 3.35. The van der Waals surface area contributed by atoms with Crippen LogP contribution in [0.5, 0.6) is 11.5 Å². The fourth-order valence-electron chi connectivity index (χ4n) is 1.92. The number of nitrogens with one attached hydrogen (secondary N) is 1. The lowest BCUT2D eigenvalue weighted by molar-refractivity contribution is -0.385. The topological polar surface area (TPSA) is 117 Å². The molecule has 0 radical (unpaired) electrons. The zero-order valence-electron chi connectivity index (χ0n) is 14.7. The lowest BCUT2D eigenvalue weighted by Gasteiger charge is -2.13. The van der Waals surface area contributed by atoms with Gasteiger partial charge in [0, 0.05) is 12.1 Å². The average molecular weight is 354 g/mol. The van der Waals surface area contributed by atoms with E-state index in [1.165, 1.54) is 13.2 Å². The highest BCUT2D eigenvalue weighted by atomic mass is 16.6. The number of nitrogens with zero attached hydrogens (tertiary/aromatic N) is 1. The summed E-state index contributed by atoms with van der Waals surface area (Å²) in [6, 6.07) is 2.20. The normalized spacial score (nSPS) is 11.4. The van der Waals surface area contributed by atoms with Crippen LogP contribution in [0.2, 0.25) is 0 Å². The van der Waals surface area contributed by atoms with E-state index in [0.717, 1.165) is 12.5 Å². The molecule has 0 aliphatic heterocycles. The van der Waals surface area contributed by atoms with Gasteiger partial charge in [0.05, 0.1) is 24.7 Å². The number of carbonyl (C=O) groups is 2. The fourth-order valence-corrected chi connectivity index (χ4v) is 1.92. The van der Waals surface area contributed by atoms with Gasteiger partial charge in [-0.25, -0.2) is 4.79 Å². The SMILES string of the molecule is CCOc1cc(C(=O)OCC(=O)N[C@H](C)CC)c([N+](=O)[O-])cc1OC. The van der Waals surface area contributed by atoms with E-state index in [0.29, 0.717) is 0 Å². The number of amides is 1. The molecule has 0 unspecified atom stereocenters. The van der Waals surface area contributed by atoms with Crippen LogP contribution in [0.25, 0.3) is 0 Å². The third kappa shape index (κ3) is 5.63. The van der Waals surface area contributed by atoms with E-state index >= 15 is 0 Å². The number of rotatable bonds is 9. The first kappa shape index (κ1) is 20.2. The van der Waals surface area contributed by atoms with E-state index in [-0.39, 0.29) is 29.7 Å². The van der Waals surface area contributed by atoms with Gasteiger partial charge in [0.2, 0.25) is 0 Å². The molecule has 0 aliphatic carbocycles. The highest BCUT2D eigenvalue weighted by Crippen LogP contribution is 2.35. The number of methoxy groups -OCH3 is 1. The van der Waals surface area contributed by atoms with Gasteiger partial charge in [0.25, 0.3) is 11.6 Å². The van der Waals surface area contributed by atoms with E-state index < -0.39 is 29.1 Å². The Morgan fingerprint density at radius 3 is 2.48 bits per heavy atom. The Morgan fingerprint density at radius 1 is 1.28 bits per heavy atom. The van der Waals surface area contributed by atoms with Crippen molar-refractivity contribution in [3.8, 4) is 11.5 Å². The molecule has 1 atom stereocenters. The summed E-state index contributed by atoms with van der Waals surface area (Å²) in [5, 5.41) is 13.8. The van der Waals surface area contributed by atoms with Crippen molar-refractivity contribution < 1.29 is 28.7 Å². The summed E-state index contributed by atoms with van der Waals surface area (Å²) in [6.45, 7) is 5.17. The summed E-state index contributed by atoms with van der Waals surface area (Å²) in [4.78, 5) is 34.3. The molecule has 0 aliphatic rings. The minimum absolute atomic E-state index is 0.0638. The lowest BCUT2D eigenvalue weighted by Crippen LogP contribution is -2.35. The molecule has 9 nitrogen and oxygen atoms in total. The second-order valence-electron chi connectivity index (χ2n) is 5.16. The molecule has 0 saturated carbocycles. The molecule has 1 N–H and O–H groups in total. The number of nitro groups is 1. The van der Waals surface area contributed by atoms with Crippen molar-refractivity contribution in [2.24, 2.45) is 0 Å². The van der Waals surface area contributed by atoms with Crippen LogP contribution < -0.4 is 14.8 Å². The molecule has 0 saturated heterocycles. The maximum atomic E-state index is 12.2. The summed E-state index contributed by atoms with van der Waals surface area (Å²) in [5.41, 5.74) is -0.807. The largest absolute Gasteiger partial charge is 0.493 e. The van der Waals surface area contributed by atoms with Crippen molar-refractivity contribution in [3.05, 3.63) is 27.8 Å². The first-order chi connectivity index (χ1) is 11.8. The number of esters is 1. The molecule has 1 aromatic rings. The second kappa shape index (κ2) is 9.45. The molecular formula is C16H22N2O7. The van der Waals surface area contributed by atoms with E-state index in [9.17, 15) is 19.7 Å². The highest BCUT2D eigenvalue weighted by Gasteiger charge is 2.26. The van der Waals surface area contributed by atoms with Gasteiger partial charge < -0.3 is 19.5 Å². The Balaban J connectivity index is 3.00. The first-order valence-corrected chi connectivity index (χ1v) is 7.79. The highest BCUT2D eigenvalue weighted by molar-refractivity contribution is 5.96. The van der Waals surface area contributed by atoms with Crippen molar-refractivity contribution >= 4 is 17.6 Å². The molecule has 0 fully saturated rings. The number of nitro benzene ring substituents is 1. The Bertz CT molecular complexity index is 646. The zero-order chi connectivity index (χ0) is 19.0. The van der Waals surface area contributed by atoms with E-state index in [1.54, 1.807) is 6.92 Å². The number of hydrogen-bond donors (Lipinski definition) is 1. The van der Waals surface area contributed by atoms with E-state index in [1.807, 2.05) is 13.8 Å². The van der Waals surface area contributed by atoms with Crippen LogP contribution in [0.4, 0.5) is 5.69 Å². The van der Waals surface area contributed by atoms with Gasteiger partial charge in [-0.15, -0.1) is 0 Å². The number of hydrogen-bond acceptors (Lipinski definition) is 7. The quantitative estimate of drug-likeness (QED) is 0.410. The van der Waals surface area contributed by atoms with Gasteiger partial charge in [0.1, 0.15) is 5.56 Å². The maximum absolute atomic E-state index is 12.2. The monoisotopic (exact) mass is 354 g/mol. The summed E-state index contributed by atoms with van der Waals surface area (Å²) in [6.07, 6.45) is 0.724. The standard InChI is InChI=1S/C16H22N2O7/c1-5-10(3)17-15(19)9-25-16(20)11-7-14(24-6-2)13(23-4)8-12(11)18(21)22/h7-8,10H,5-6,9H2,1-4H3,(H,17,19)/t10-/m1/s1. The molecule has 0 bridgehead atoms. The molecule has 0 heterocycles. The summed E-state index contributed by atoms with van der Waals surface area (Å²) < 4.78 is 15.2. The number of carbonyl (C=O) groups excluding carboxylic acids is 2. The van der Waals surface area contributed by atoms with Crippen LogP contribution in [0.15, 0.2) is 12.1 Å². The summed E-state index contributed by atoms with van der Waals surface area (Å²) >= 11 is 0. The van der Waals surface area contributed by atoms with Crippen molar-refractivity contribution in [1.29, 1.82) is 0 Å². The van der Waals surface area contributed by atoms with E-state index in [4.69, 9.17) is 14.2 Å². The summed E-state index contributed by atoms with van der Waals surface area (Å²) in [5.74, 6) is -1.18. The number of benzene rings is 1. The Morgan fingerprint density at radius 2 is 1.96 bits per heavy atom. The Hall–Kier alpha value is -2.84. The smallest absolute Gasteiger partial charge is 0.345 e. The predicted octanol–water partition coefficient (Wildman–Crippen LogP) is 2.07. The van der Waals surface area contributed by atoms with Crippen LogP contribution in [0.1, 0.15) is 37.6 Å². The fraction of sp³-hybridized carbons (Fsp3) is 0.500. The molecule has 1 amide bonds. The van der Waals surface area contributed by atoms with Crippen LogP contribution in [0.3, 0.4) is 0 Å². The minimum Gasteiger partial charge on any atom is -0.493 e. The molecule has 138 valence electrons. The molecule has 1 aromatic carbocycles. The van der Waals surface area contributed by atoms with Crippen LogP contribution in [-0.4, -0.2) is 43.2 Å². The zero-order valence-corrected chi connectivity index (χ0v) is 14.7. The van der Waals surface area contributed by atoms with Gasteiger partial charge in [-0.1, -0.05) is 6.92 Å². The van der Waals surface area contributed by atoms with Crippen molar-refractivity contribution in [2.75, 3.05) is 20.3 Å². The predicted molar refractivity (Wildman–Crippen MR) is 89.0 cm³/mol. The Labute approximate surface area is 145 Å².